The van der Waals surface area contributed by atoms with Gasteiger partial charge in [0.1, 0.15) is 0 Å². The average Bonchev–Trinajstić information content (AvgIpc) is 1.65. The largest absolute Gasteiger partial charge is 0.505 e. The molecule has 0 fully saturated rings. The molecule has 0 unspecified atom stereocenters. The predicted octanol–water partition coefficient (Wildman–Crippen LogP) is 4.02. The van der Waals surface area contributed by atoms with Crippen LogP contribution in [-0.4, -0.2) is 36.2 Å². The second-order valence-electron chi connectivity index (χ2n) is 11.4. The molecule has 2 aromatic carbocycles. The topological polar surface area (TPSA) is 115 Å². The molecule has 120 heavy (non-hydrogen) atoms. The Labute approximate surface area is 974 Å². The van der Waals surface area contributed by atoms with E-state index >= 15 is 0 Å². The number of hydrogen-bond donors (Lipinski definition) is 3. The number of esters is 2. The summed E-state index contributed by atoms with van der Waals surface area (Å²) in [7, 11) is 167. The smallest absolute Gasteiger partial charge is 0.358 e. The standard InChI is InChI=1S/C10H8BrNO3.C8H8BrNO2.S93/c1-15-10(14)8-9(13)6-4-5(11)2-3-7(6)12-8;1-12-8(11)6-4-5(9)2-3-7(6)10;1-3-5-7-9-11-13-15-17-19-21-23-25-27-29-31-33-35-37-39-41-43-45-47-49-51-53-55-57-59-61-63-65-67-69-71-73-75-77-79-81-83-85-87-89-91-93-92-90-88-86-84-82-80-78-76-74-72-70-68-66-64-62-60-58-56-54-52-50-48-46-44-42-40-38-36-34-32-30-28-26-24-22-20-18-16-14-12-10-8-6-4-2/h2-4,12-13H,1H3;2-4H,10H2,1H3;. The van der Waals surface area contributed by atoms with Gasteiger partial charge in [0.2, 0.25) is 0 Å². The molecule has 1 aromatic heterocycles. The monoisotopic (exact) mass is 3470 g/mol. The molecular formula is C18H16Br2N2O5S93. The lowest BCUT2D eigenvalue weighted by molar-refractivity contribution is 0.0586. The minimum absolute atomic E-state index is 0.0746. The maximum atomic E-state index is 11.3. The Balaban J connectivity index is 0.00000220. The van der Waals surface area contributed by atoms with Crippen molar-refractivity contribution in [3.8, 4) is 5.75 Å². The van der Waals surface area contributed by atoms with Crippen LogP contribution in [0.2, 0.25) is 0 Å². The third-order valence-corrected chi connectivity index (χ3v) is 207. The van der Waals surface area contributed by atoms with Gasteiger partial charge in [-0.3, -0.25) is 0 Å². The fourth-order valence-corrected chi connectivity index (χ4v) is 248. The van der Waals surface area contributed by atoms with Crippen molar-refractivity contribution in [2.75, 3.05) is 20.0 Å². The Morgan fingerprint density at radius 2 is 0.425 bits per heavy atom. The summed E-state index contributed by atoms with van der Waals surface area (Å²) < 4.78 is 10.7. The number of hydrogen-bond acceptors (Lipinski definition) is 8. The summed E-state index contributed by atoms with van der Waals surface area (Å²) in [5.74, 6) is -1.09. The van der Waals surface area contributed by atoms with Gasteiger partial charge in [-0.2, -0.15) is 0 Å². The Morgan fingerprint density at radius 1 is 0.267 bits per heavy atom. The van der Waals surface area contributed by atoms with Crippen LogP contribution < -0.4 is 5.73 Å². The van der Waals surface area contributed by atoms with Gasteiger partial charge in [0.25, 0.3) is 0 Å². The van der Waals surface area contributed by atoms with Crippen LogP contribution in [0.1, 0.15) is 20.8 Å². The lowest BCUT2D eigenvalue weighted by atomic mass is 10.2. The summed E-state index contributed by atoms with van der Waals surface area (Å²) in [6, 6.07) is 10.4. The molecule has 0 atom stereocenters. The second-order valence-corrected chi connectivity index (χ2v) is 174. The Kier molecular flexibility index (Phi) is 131. The van der Waals surface area contributed by atoms with E-state index in [9.17, 15) is 14.7 Å². The van der Waals surface area contributed by atoms with Gasteiger partial charge in [0.15, 0.2) is 11.4 Å². The quantitative estimate of drug-likeness (QED) is 0.261. The van der Waals surface area contributed by atoms with Crippen LogP contribution in [-0.2, 0) is 840 Å². The summed E-state index contributed by atoms with van der Waals surface area (Å²) in [6.07, 6.45) is 0. The molecule has 1 heterocycles. The van der Waals surface area contributed by atoms with E-state index in [4.69, 9.17) is 28.1 Å². The number of nitrogens with one attached hydrogen (secondary N) is 1. The molecule has 0 aliphatic carbocycles. The van der Waals surface area contributed by atoms with Crippen molar-refractivity contribution >= 4 is 891 Å². The normalized spacial score (nSPS) is 8.37. The number of ether oxygens (including phenoxy) is 2. The van der Waals surface area contributed by atoms with Gasteiger partial charge >= 0.3 is 11.9 Å². The number of nitrogens with two attached hydrogens (primary N) is 1. The lowest BCUT2D eigenvalue weighted by Crippen LogP contribution is -2.05. The zero-order chi connectivity index (χ0) is 86.5. The molecule has 3 rings (SSSR count). The van der Waals surface area contributed by atoms with Crippen molar-refractivity contribution < 1.29 is 24.2 Å². The number of carbonyl (C=O) groups excluding carboxylic acids is 2. The zero-order valence-corrected chi connectivity index (χ0v) is 131. The molecule has 0 amide bonds. The fraction of sp³-hybridized carbons (Fsp3) is 0.111. The molecule has 700 valence electrons. The van der Waals surface area contributed by atoms with Crippen LogP contribution in [0.15, 0.2) is 45.3 Å². The van der Waals surface area contributed by atoms with Gasteiger partial charge in [-0.05, 0) is 36.4 Å². The summed E-state index contributed by atoms with van der Waals surface area (Å²) in [6.45, 7) is 0. The molecule has 0 spiro atoms. The van der Waals surface area contributed by atoms with Crippen LogP contribution in [0, 0.1) is 0 Å². The first-order valence-electron chi connectivity index (χ1n) is 22.8. The number of halogens is 2. The number of nitrogen functional groups attached to an aromatic ring is 1. The van der Waals surface area contributed by atoms with Gasteiger partial charge in [0, 0.05) is 856 Å². The molecular weight excluding hydrogens is 3470 g/mol. The molecule has 0 bridgehead atoms. The summed E-state index contributed by atoms with van der Waals surface area (Å²) >= 11 is 16.2. The van der Waals surface area contributed by atoms with Gasteiger partial charge in [-0.15, -0.1) is 0 Å². The lowest BCUT2D eigenvalue weighted by Gasteiger charge is -2.02. The summed E-state index contributed by atoms with van der Waals surface area (Å²) in [5.41, 5.74) is 7.11. The van der Waals surface area contributed by atoms with Crippen molar-refractivity contribution in [2.24, 2.45) is 0 Å². The van der Waals surface area contributed by atoms with E-state index in [1.54, 1.807) is 137 Å². The third kappa shape index (κ3) is 99.2. The third-order valence-electron chi connectivity index (χ3n) is 6.04. The van der Waals surface area contributed by atoms with Crippen LogP contribution in [0.3, 0.4) is 0 Å². The highest BCUT2D eigenvalue weighted by Crippen LogP contribution is 2.31. The van der Waals surface area contributed by atoms with Crippen molar-refractivity contribution in [1.82, 2.24) is 4.98 Å². The number of rotatable bonds is 2. The molecule has 0 aliphatic rings. The molecule has 102 heteroatoms. The van der Waals surface area contributed by atoms with Gasteiger partial charge in [-0.25, -0.2) is 9.59 Å². The maximum absolute atomic E-state index is 11.3. The van der Waals surface area contributed by atoms with Crippen molar-refractivity contribution in [3.05, 3.63) is 56.6 Å². The first-order valence-corrected chi connectivity index (χ1v) is 147. The fourth-order valence-electron chi connectivity index (χ4n) is 3.22. The molecule has 7 nitrogen and oxygen atoms in total. The highest BCUT2D eigenvalue weighted by atomic mass is 79.9. The number of anilines is 1. The van der Waals surface area contributed by atoms with Crippen molar-refractivity contribution in [2.45, 2.75) is 0 Å². The van der Waals surface area contributed by atoms with Crippen LogP contribution in [0.5, 0.6) is 5.75 Å². The minimum atomic E-state index is -0.583. The predicted molar refractivity (Wildman–Crippen MR) is 794 cm³/mol. The van der Waals surface area contributed by atoms with E-state index in [1.807, 2.05) is 690 Å². The Morgan fingerprint density at radius 3 is 0.592 bits per heavy atom. The van der Waals surface area contributed by atoms with Crippen LogP contribution >= 0.6 is 31.9 Å². The molecule has 0 aliphatic heterocycles. The van der Waals surface area contributed by atoms with Crippen LogP contribution in [0.4, 0.5) is 5.69 Å². The Bertz CT molecular complexity index is 8620. The molecule has 4 N–H and O–H groups in total. The summed E-state index contributed by atoms with van der Waals surface area (Å²) in [5, 5.41) is 10.4. The minimum Gasteiger partial charge on any atom is -0.505 e. The summed E-state index contributed by atoms with van der Waals surface area (Å²) in [4.78, 5) is 25.1. The van der Waals surface area contributed by atoms with E-state index in [0.717, 1.165) is 8.95 Å². The Hall–Kier alpha value is 17.9. The highest BCUT2D eigenvalue weighted by Gasteiger charge is 2.17. The number of carbonyl (C=O) groups is 2. The number of aromatic nitrogens is 1. The van der Waals surface area contributed by atoms with Crippen molar-refractivity contribution in [1.29, 1.82) is 0 Å². The zero-order valence-electron chi connectivity index (χ0n) is 52.3. The number of aromatic amines is 1. The number of benzene rings is 2. The molecule has 0 radical (unpaired) electrons. The molecule has 0 saturated heterocycles. The van der Waals surface area contributed by atoms with E-state index in [0.29, 0.717) is 22.2 Å². The molecule has 3 aromatic rings. The number of fused-ring (bicyclic) bond motifs is 1. The SMILES string of the molecule is COC(=O)c1[nH]c2ccc(Br)cc2c1O.COC(=O)c1cc(Br)ccc1N.S=S=S=S=S=S=S=S=S=S=S=S=S=S=S=S=S=S=S=S=S=S=S=S=S=S=S=S=S=S=S=S=S=S=S=S=S=S=S=S=S=S=S=S=S=S=S=S=S=S=S=S=S=S=S=S=S=S=S=S=S=S=S=S=S=S=S=S=S=S=S=S=S=S=S=S=S=S=S=S=S=S=S=S=S=S=S=S=S=S=S=S=S. The van der Waals surface area contributed by atoms with E-state index < -0.39 is 11.9 Å². The second kappa shape index (κ2) is 116. The first-order chi connectivity index (χ1) is 59.2. The number of methoxy groups -OCH3 is 2. The van der Waals surface area contributed by atoms with E-state index in [2.05, 4.69) is 46.3 Å². The highest BCUT2D eigenvalue weighted by molar-refractivity contribution is 9.11. The van der Waals surface area contributed by atoms with E-state index in [-0.39, 0.29) is 11.4 Å². The maximum Gasteiger partial charge on any atom is 0.358 e. The van der Waals surface area contributed by atoms with Gasteiger partial charge < -0.3 is 25.3 Å². The average molecular weight is 3480 g/mol. The number of aromatic hydroxyl groups is 1. The molecule has 0 saturated carbocycles. The van der Waals surface area contributed by atoms with Gasteiger partial charge in [0.05, 0.1) is 19.8 Å². The van der Waals surface area contributed by atoms with E-state index in [1.165, 1.54) is 32.0 Å². The van der Waals surface area contributed by atoms with Crippen LogP contribution in [0.25, 0.3) is 10.9 Å². The van der Waals surface area contributed by atoms with Gasteiger partial charge in [-0.1, -0.05) is 31.9 Å². The first kappa shape index (κ1) is 136. The number of H-pyrrole nitrogens is 1. The van der Waals surface area contributed by atoms with Crippen molar-refractivity contribution in [3.63, 3.8) is 0 Å².